The first kappa shape index (κ1) is 9.78. The Hall–Kier alpha value is -0.310. The predicted molar refractivity (Wildman–Crippen MR) is 49.6 cm³/mol. The van der Waals surface area contributed by atoms with E-state index in [4.69, 9.17) is 27.9 Å². The van der Waals surface area contributed by atoms with Gasteiger partial charge in [-0.3, -0.25) is 0 Å². The van der Waals surface area contributed by atoms with Gasteiger partial charge >= 0.3 is 0 Å². The van der Waals surface area contributed by atoms with Crippen LogP contribution in [0.1, 0.15) is 12.6 Å². The van der Waals surface area contributed by atoms with Crippen LogP contribution >= 0.6 is 23.2 Å². The van der Waals surface area contributed by atoms with E-state index in [9.17, 15) is 0 Å². The summed E-state index contributed by atoms with van der Waals surface area (Å²) in [7, 11) is 0. The zero-order valence-corrected chi connectivity index (χ0v) is 8.19. The second-order valence-corrected chi connectivity index (χ2v) is 2.99. The maximum absolute atomic E-state index is 5.83. The van der Waals surface area contributed by atoms with E-state index in [1.165, 1.54) is 0 Å². The van der Waals surface area contributed by atoms with Gasteiger partial charge in [-0.05, 0) is 19.1 Å². The van der Waals surface area contributed by atoms with Gasteiger partial charge in [-0.2, -0.15) is 0 Å². The predicted octanol–water partition coefficient (Wildman–Crippen LogP) is 2.92. The van der Waals surface area contributed by atoms with Crippen LogP contribution in [0, 0.1) is 0 Å². The summed E-state index contributed by atoms with van der Waals surface area (Å²) in [6.45, 7) is 2.97. The van der Waals surface area contributed by atoms with Gasteiger partial charge < -0.3 is 4.74 Å². The number of halogens is 2. The van der Waals surface area contributed by atoms with Crippen molar-refractivity contribution in [3.05, 3.63) is 28.0 Å². The van der Waals surface area contributed by atoms with Crippen LogP contribution in [-0.4, -0.2) is 11.6 Å². The van der Waals surface area contributed by atoms with Gasteiger partial charge in [0.25, 0.3) is 0 Å². The summed E-state index contributed by atoms with van der Waals surface area (Å²) in [5.41, 5.74) is 0.686. The number of hydrogen-bond acceptors (Lipinski definition) is 2. The quantitative estimate of drug-likeness (QED) is 0.709. The lowest BCUT2D eigenvalue weighted by atomic mass is 10.4. The van der Waals surface area contributed by atoms with Gasteiger partial charge in [0.1, 0.15) is 5.15 Å². The van der Waals surface area contributed by atoms with Gasteiger partial charge in [-0.25, -0.2) is 4.98 Å². The van der Waals surface area contributed by atoms with E-state index in [-0.39, 0.29) is 0 Å². The maximum Gasteiger partial charge on any atom is 0.129 e. The molecule has 12 heavy (non-hydrogen) atoms. The summed E-state index contributed by atoms with van der Waals surface area (Å²) in [4.78, 5) is 4.02. The van der Waals surface area contributed by atoms with Crippen molar-refractivity contribution in [3.63, 3.8) is 0 Å². The topological polar surface area (TPSA) is 22.1 Å². The lowest BCUT2D eigenvalue weighted by Gasteiger charge is -2.02. The Kier molecular flexibility index (Phi) is 3.79. The number of rotatable bonds is 3. The van der Waals surface area contributed by atoms with E-state index < -0.39 is 0 Å². The highest BCUT2D eigenvalue weighted by Gasteiger charge is 2.01. The molecule has 0 fully saturated rings. The average molecular weight is 206 g/mol. The fourth-order valence-electron chi connectivity index (χ4n) is 0.758. The molecule has 0 unspecified atom stereocenters. The minimum absolute atomic E-state index is 0.413. The molecule has 0 amide bonds. The van der Waals surface area contributed by atoms with Crippen molar-refractivity contribution in [3.8, 4) is 0 Å². The Morgan fingerprint density at radius 1 is 1.42 bits per heavy atom. The smallest absolute Gasteiger partial charge is 0.129 e. The van der Waals surface area contributed by atoms with Gasteiger partial charge in [0.2, 0.25) is 0 Å². The van der Waals surface area contributed by atoms with Crippen LogP contribution in [0.4, 0.5) is 0 Å². The van der Waals surface area contributed by atoms with Crippen LogP contribution in [0.3, 0.4) is 0 Å². The fraction of sp³-hybridized carbons (Fsp3) is 0.375. The van der Waals surface area contributed by atoms with Crippen LogP contribution in [0.15, 0.2) is 12.1 Å². The van der Waals surface area contributed by atoms with Crippen molar-refractivity contribution in [2.24, 2.45) is 0 Å². The Balaban J connectivity index is 2.75. The molecule has 1 aromatic heterocycles. The number of aromatic nitrogens is 1. The molecule has 1 aromatic rings. The van der Waals surface area contributed by atoms with Crippen LogP contribution < -0.4 is 0 Å². The molecule has 0 radical (unpaired) electrons. The molecule has 66 valence electrons. The molecule has 0 spiro atoms. The largest absolute Gasteiger partial charge is 0.375 e. The SMILES string of the molecule is CCOCc1nc(Cl)ccc1Cl. The highest BCUT2D eigenvalue weighted by Crippen LogP contribution is 2.17. The fourth-order valence-corrected chi connectivity index (χ4v) is 1.08. The zero-order valence-electron chi connectivity index (χ0n) is 6.68. The van der Waals surface area contributed by atoms with Gasteiger partial charge in [0, 0.05) is 6.61 Å². The molecule has 0 saturated heterocycles. The molecular weight excluding hydrogens is 197 g/mol. The molecule has 1 heterocycles. The number of pyridine rings is 1. The van der Waals surface area contributed by atoms with Crippen molar-refractivity contribution >= 4 is 23.2 Å². The van der Waals surface area contributed by atoms with E-state index in [1.54, 1.807) is 12.1 Å². The summed E-state index contributed by atoms with van der Waals surface area (Å²) >= 11 is 11.5. The van der Waals surface area contributed by atoms with Crippen molar-refractivity contribution < 1.29 is 4.74 Å². The van der Waals surface area contributed by atoms with Gasteiger partial charge in [0.05, 0.1) is 17.3 Å². The van der Waals surface area contributed by atoms with E-state index in [1.807, 2.05) is 6.92 Å². The standard InChI is InChI=1S/C8H9Cl2NO/c1-2-12-5-7-6(9)3-4-8(10)11-7/h3-4H,2,5H2,1H3. The monoisotopic (exact) mass is 205 g/mol. The first-order valence-corrected chi connectivity index (χ1v) is 4.38. The second-order valence-electron chi connectivity index (χ2n) is 2.20. The van der Waals surface area contributed by atoms with Crippen LogP contribution in [0.5, 0.6) is 0 Å². The maximum atomic E-state index is 5.83. The summed E-state index contributed by atoms with van der Waals surface area (Å²) in [6.07, 6.45) is 0. The molecule has 0 saturated carbocycles. The van der Waals surface area contributed by atoms with Crippen LogP contribution in [0.25, 0.3) is 0 Å². The van der Waals surface area contributed by atoms with Crippen molar-refractivity contribution in [2.45, 2.75) is 13.5 Å². The van der Waals surface area contributed by atoms with Crippen LogP contribution in [0.2, 0.25) is 10.2 Å². The zero-order chi connectivity index (χ0) is 8.97. The Morgan fingerprint density at radius 3 is 2.83 bits per heavy atom. The molecule has 0 aromatic carbocycles. The molecule has 0 aliphatic heterocycles. The van der Waals surface area contributed by atoms with Gasteiger partial charge in [-0.1, -0.05) is 23.2 Å². The third-order valence-corrected chi connectivity index (χ3v) is 1.88. The lowest BCUT2D eigenvalue weighted by molar-refractivity contribution is 0.131. The van der Waals surface area contributed by atoms with Crippen molar-refractivity contribution in [2.75, 3.05) is 6.61 Å². The van der Waals surface area contributed by atoms with E-state index >= 15 is 0 Å². The number of ether oxygens (including phenoxy) is 1. The summed E-state index contributed by atoms with van der Waals surface area (Å²) in [6, 6.07) is 3.37. The highest BCUT2D eigenvalue weighted by molar-refractivity contribution is 6.32. The lowest BCUT2D eigenvalue weighted by Crippen LogP contribution is -1.96. The molecular formula is C8H9Cl2NO. The molecule has 0 aliphatic carbocycles. The van der Waals surface area contributed by atoms with Crippen LogP contribution in [-0.2, 0) is 11.3 Å². The Morgan fingerprint density at radius 2 is 2.17 bits per heavy atom. The normalized spacial score (nSPS) is 10.2. The summed E-state index contributed by atoms with van der Waals surface area (Å²) < 4.78 is 5.15. The second kappa shape index (κ2) is 4.65. The molecule has 0 bridgehead atoms. The first-order valence-electron chi connectivity index (χ1n) is 3.62. The first-order chi connectivity index (χ1) is 5.74. The molecule has 2 nitrogen and oxygen atoms in total. The van der Waals surface area contributed by atoms with Crippen molar-refractivity contribution in [1.29, 1.82) is 0 Å². The minimum atomic E-state index is 0.413. The average Bonchev–Trinajstić information content (AvgIpc) is 2.07. The van der Waals surface area contributed by atoms with E-state index in [0.29, 0.717) is 29.1 Å². The molecule has 0 N–H and O–H groups in total. The molecule has 0 aliphatic rings. The molecule has 0 atom stereocenters. The van der Waals surface area contributed by atoms with Crippen molar-refractivity contribution in [1.82, 2.24) is 4.98 Å². The number of nitrogens with zero attached hydrogens (tertiary/aromatic N) is 1. The highest BCUT2D eigenvalue weighted by atomic mass is 35.5. The molecule has 1 rings (SSSR count). The summed E-state index contributed by atoms with van der Waals surface area (Å²) in [5.74, 6) is 0. The van der Waals surface area contributed by atoms with E-state index in [2.05, 4.69) is 4.98 Å². The minimum Gasteiger partial charge on any atom is -0.375 e. The van der Waals surface area contributed by atoms with E-state index in [0.717, 1.165) is 0 Å². The molecule has 4 heteroatoms. The summed E-state index contributed by atoms with van der Waals surface area (Å²) in [5, 5.41) is 1.03. The van der Waals surface area contributed by atoms with Gasteiger partial charge in [0.15, 0.2) is 0 Å². The third-order valence-electron chi connectivity index (χ3n) is 1.33. The Bertz CT molecular complexity index is 265. The van der Waals surface area contributed by atoms with Gasteiger partial charge in [-0.15, -0.1) is 0 Å². The Labute approximate surface area is 81.5 Å². The third kappa shape index (κ3) is 2.63. The number of hydrogen-bond donors (Lipinski definition) is 0.